The Balaban J connectivity index is 1.86. The lowest BCUT2D eigenvalue weighted by Gasteiger charge is -2.08. The molecule has 0 saturated carbocycles. The Morgan fingerprint density at radius 1 is 1.38 bits per heavy atom. The molecule has 2 heterocycles. The number of hydrogen-bond acceptors (Lipinski definition) is 4. The highest BCUT2D eigenvalue weighted by atomic mass is 16.5. The van der Waals surface area contributed by atoms with Crippen molar-refractivity contribution in [2.45, 2.75) is 20.3 Å². The molecule has 0 saturated heterocycles. The van der Waals surface area contributed by atoms with E-state index < -0.39 is 0 Å². The van der Waals surface area contributed by atoms with Gasteiger partial charge in [0.25, 0.3) is 0 Å². The first kappa shape index (κ1) is 15.0. The van der Waals surface area contributed by atoms with E-state index in [4.69, 9.17) is 4.74 Å². The van der Waals surface area contributed by atoms with Crippen LogP contribution < -0.4 is 10.1 Å². The van der Waals surface area contributed by atoms with Gasteiger partial charge in [0.2, 0.25) is 11.8 Å². The van der Waals surface area contributed by atoms with Crippen LogP contribution in [0.3, 0.4) is 0 Å². The van der Waals surface area contributed by atoms with Gasteiger partial charge in [-0.2, -0.15) is 5.10 Å². The third-order valence-corrected chi connectivity index (χ3v) is 2.71. The van der Waals surface area contributed by atoms with Crippen LogP contribution in [0.1, 0.15) is 19.4 Å². The van der Waals surface area contributed by atoms with Gasteiger partial charge in [-0.25, -0.2) is 4.98 Å². The van der Waals surface area contributed by atoms with Gasteiger partial charge in [-0.05, 0) is 17.5 Å². The quantitative estimate of drug-likeness (QED) is 0.883. The molecule has 1 amide bonds. The van der Waals surface area contributed by atoms with E-state index in [1.807, 2.05) is 13.2 Å². The summed E-state index contributed by atoms with van der Waals surface area (Å²) < 4.78 is 7.16. The molecule has 2 rings (SSSR count). The van der Waals surface area contributed by atoms with Crippen molar-refractivity contribution in [3.8, 4) is 5.88 Å². The number of carbonyl (C=O) groups is 1. The molecule has 6 nitrogen and oxygen atoms in total. The lowest BCUT2D eigenvalue weighted by atomic mass is 10.2. The first-order chi connectivity index (χ1) is 10.0. The van der Waals surface area contributed by atoms with Gasteiger partial charge in [-0.3, -0.25) is 9.48 Å². The van der Waals surface area contributed by atoms with Crippen molar-refractivity contribution in [2.75, 3.05) is 11.9 Å². The van der Waals surface area contributed by atoms with Crippen molar-refractivity contribution < 1.29 is 9.53 Å². The minimum atomic E-state index is -0.0966. The zero-order valence-electron chi connectivity index (χ0n) is 12.5. The Labute approximate surface area is 124 Å². The van der Waals surface area contributed by atoms with Gasteiger partial charge in [-0.15, -0.1) is 0 Å². The molecule has 2 aromatic rings. The van der Waals surface area contributed by atoms with Crippen molar-refractivity contribution >= 4 is 11.6 Å². The number of hydrogen-bond donors (Lipinski definition) is 1. The average molecular weight is 288 g/mol. The first-order valence-electron chi connectivity index (χ1n) is 6.89. The maximum atomic E-state index is 11.9. The monoisotopic (exact) mass is 288 g/mol. The SMILES string of the molecule is CC(C)COc1ccc(NC(=O)Cc2cnn(C)c2)cn1. The zero-order chi connectivity index (χ0) is 15.2. The Morgan fingerprint density at radius 2 is 2.19 bits per heavy atom. The summed E-state index contributed by atoms with van der Waals surface area (Å²) in [4.78, 5) is 16.0. The standard InChI is InChI=1S/C15H20N4O2/c1-11(2)10-21-15-5-4-13(8-16-15)18-14(20)6-12-7-17-19(3)9-12/h4-5,7-9,11H,6,10H2,1-3H3,(H,18,20). The number of ether oxygens (including phenoxy) is 1. The maximum Gasteiger partial charge on any atom is 0.228 e. The van der Waals surface area contributed by atoms with Crippen molar-refractivity contribution in [1.82, 2.24) is 14.8 Å². The van der Waals surface area contributed by atoms with E-state index in [1.54, 1.807) is 29.2 Å². The number of aryl methyl sites for hydroxylation is 1. The molecular weight excluding hydrogens is 268 g/mol. The van der Waals surface area contributed by atoms with E-state index in [1.165, 1.54) is 0 Å². The summed E-state index contributed by atoms with van der Waals surface area (Å²) in [5.41, 5.74) is 1.53. The number of anilines is 1. The Bertz CT molecular complexity index is 590. The highest BCUT2D eigenvalue weighted by Gasteiger charge is 2.06. The molecule has 2 aromatic heterocycles. The van der Waals surface area contributed by atoms with Crippen LogP contribution in [-0.4, -0.2) is 27.3 Å². The normalized spacial score (nSPS) is 10.7. The Hall–Kier alpha value is -2.37. The predicted molar refractivity (Wildman–Crippen MR) is 80.1 cm³/mol. The number of pyridine rings is 1. The molecule has 0 bridgehead atoms. The van der Waals surface area contributed by atoms with Crippen molar-refractivity contribution in [3.05, 3.63) is 36.3 Å². The number of carbonyl (C=O) groups excluding carboxylic acids is 1. The lowest BCUT2D eigenvalue weighted by molar-refractivity contribution is -0.115. The number of aromatic nitrogens is 3. The minimum absolute atomic E-state index is 0.0966. The van der Waals surface area contributed by atoms with Crippen LogP contribution >= 0.6 is 0 Å². The van der Waals surface area contributed by atoms with E-state index in [2.05, 4.69) is 29.2 Å². The smallest absolute Gasteiger partial charge is 0.228 e. The molecular formula is C15H20N4O2. The molecule has 0 radical (unpaired) electrons. The van der Waals surface area contributed by atoms with E-state index in [0.29, 0.717) is 30.5 Å². The van der Waals surface area contributed by atoms with E-state index in [0.717, 1.165) is 5.56 Å². The summed E-state index contributed by atoms with van der Waals surface area (Å²) in [6.07, 6.45) is 5.39. The minimum Gasteiger partial charge on any atom is -0.477 e. The summed E-state index contributed by atoms with van der Waals surface area (Å²) in [6.45, 7) is 4.78. The molecule has 0 unspecified atom stereocenters. The van der Waals surface area contributed by atoms with Gasteiger partial charge in [0.15, 0.2) is 0 Å². The largest absolute Gasteiger partial charge is 0.477 e. The summed E-state index contributed by atoms with van der Waals surface area (Å²) >= 11 is 0. The van der Waals surface area contributed by atoms with Crippen LogP contribution in [0.25, 0.3) is 0 Å². The number of nitrogens with zero attached hydrogens (tertiary/aromatic N) is 3. The topological polar surface area (TPSA) is 69.0 Å². The van der Waals surface area contributed by atoms with Crippen molar-refractivity contribution in [3.63, 3.8) is 0 Å². The molecule has 0 spiro atoms. The second-order valence-corrected chi connectivity index (χ2v) is 5.34. The van der Waals surface area contributed by atoms with E-state index in [9.17, 15) is 4.79 Å². The second kappa shape index (κ2) is 6.88. The molecule has 0 atom stereocenters. The van der Waals surface area contributed by atoms with Crippen molar-refractivity contribution in [2.24, 2.45) is 13.0 Å². The molecule has 0 aliphatic heterocycles. The number of rotatable bonds is 6. The summed E-state index contributed by atoms with van der Waals surface area (Å²) in [7, 11) is 1.82. The van der Waals surface area contributed by atoms with Gasteiger partial charge in [0.05, 0.1) is 31.1 Å². The molecule has 0 aliphatic rings. The molecule has 1 N–H and O–H groups in total. The highest BCUT2D eigenvalue weighted by molar-refractivity contribution is 5.92. The highest BCUT2D eigenvalue weighted by Crippen LogP contribution is 2.13. The lowest BCUT2D eigenvalue weighted by Crippen LogP contribution is -2.14. The van der Waals surface area contributed by atoms with Gasteiger partial charge < -0.3 is 10.1 Å². The fraction of sp³-hybridized carbons (Fsp3) is 0.400. The van der Waals surface area contributed by atoms with Gasteiger partial charge in [0, 0.05) is 19.3 Å². The van der Waals surface area contributed by atoms with Gasteiger partial charge in [-0.1, -0.05) is 13.8 Å². The molecule has 0 fully saturated rings. The van der Waals surface area contributed by atoms with Crippen LogP contribution in [0, 0.1) is 5.92 Å². The number of amides is 1. The third-order valence-electron chi connectivity index (χ3n) is 2.71. The molecule has 0 aromatic carbocycles. The maximum absolute atomic E-state index is 11.9. The van der Waals surface area contributed by atoms with E-state index >= 15 is 0 Å². The summed E-state index contributed by atoms with van der Waals surface area (Å²) in [6, 6.07) is 3.53. The number of nitrogens with one attached hydrogen (secondary N) is 1. The van der Waals surface area contributed by atoms with Gasteiger partial charge in [0.1, 0.15) is 0 Å². The molecule has 112 valence electrons. The summed E-state index contributed by atoms with van der Waals surface area (Å²) in [5, 5.41) is 6.83. The third kappa shape index (κ3) is 4.91. The Morgan fingerprint density at radius 3 is 2.76 bits per heavy atom. The zero-order valence-corrected chi connectivity index (χ0v) is 12.5. The van der Waals surface area contributed by atoms with Crippen LogP contribution in [0.15, 0.2) is 30.7 Å². The fourth-order valence-corrected chi connectivity index (χ4v) is 1.75. The first-order valence-corrected chi connectivity index (χ1v) is 6.89. The van der Waals surface area contributed by atoms with Crippen molar-refractivity contribution in [1.29, 1.82) is 0 Å². The second-order valence-electron chi connectivity index (χ2n) is 5.34. The van der Waals surface area contributed by atoms with Crippen LogP contribution in [0.4, 0.5) is 5.69 Å². The van der Waals surface area contributed by atoms with Crippen LogP contribution in [0.5, 0.6) is 5.88 Å². The molecule has 0 aliphatic carbocycles. The fourth-order valence-electron chi connectivity index (χ4n) is 1.75. The van der Waals surface area contributed by atoms with Crippen LogP contribution in [-0.2, 0) is 18.3 Å². The average Bonchev–Trinajstić information content (AvgIpc) is 2.83. The van der Waals surface area contributed by atoms with E-state index in [-0.39, 0.29) is 5.91 Å². The summed E-state index contributed by atoms with van der Waals surface area (Å²) in [5.74, 6) is 0.917. The molecule has 6 heteroatoms. The van der Waals surface area contributed by atoms with Crippen LogP contribution in [0.2, 0.25) is 0 Å². The Kier molecular flexibility index (Phi) is 4.92. The van der Waals surface area contributed by atoms with Gasteiger partial charge >= 0.3 is 0 Å². The molecule has 21 heavy (non-hydrogen) atoms. The predicted octanol–water partition coefficient (Wildman–Crippen LogP) is 2.03.